The summed E-state index contributed by atoms with van der Waals surface area (Å²) >= 11 is 0. The summed E-state index contributed by atoms with van der Waals surface area (Å²) in [5, 5.41) is 0. The number of nitrogens with zero attached hydrogens (tertiary/aromatic N) is 1. The number of carbonyl (C=O) groups excluding carboxylic acids is 1. The van der Waals surface area contributed by atoms with Gasteiger partial charge in [-0.2, -0.15) is 0 Å². The van der Waals surface area contributed by atoms with Crippen molar-refractivity contribution in [2.75, 3.05) is 20.6 Å². The van der Waals surface area contributed by atoms with Crippen LogP contribution in [0.15, 0.2) is 30.3 Å². The van der Waals surface area contributed by atoms with Crippen LogP contribution >= 0.6 is 0 Å². The number of rotatable bonds is 6. The lowest BCUT2D eigenvalue weighted by Crippen LogP contribution is -2.37. The highest BCUT2D eigenvalue weighted by atomic mass is 16.6. The van der Waals surface area contributed by atoms with Crippen LogP contribution in [0.4, 0.5) is 0 Å². The van der Waals surface area contributed by atoms with Crippen molar-refractivity contribution in [2.45, 2.75) is 31.8 Å². The fourth-order valence-electron chi connectivity index (χ4n) is 2.69. The van der Waals surface area contributed by atoms with E-state index in [0.29, 0.717) is 5.92 Å². The molecule has 0 amide bonds. The Hall–Kier alpha value is -1.35. The summed E-state index contributed by atoms with van der Waals surface area (Å²) in [5.74, 6) is 0.285. The maximum Gasteiger partial charge on any atom is 0.303 e. The minimum atomic E-state index is -0.433. The molecule has 2 rings (SSSR count). The molecule has 1 aliphatic rings. The molecule has 1 aromatic rings. The maximum absolute atomic E-state index is 11.6. The molecular weight excluding hydrogens is 238 g/mol. The van der Waals surface area contributed by atoms with Gasteiger partial charge < -0.3 is 9.64 Å². The first kappa shape index (κ1) is 14.1. The number of hydrogen-bond acceptors (Lipinski definition) is 3. The molecule has 1 atom stereocenters. The monoisotopic (exact) mass is 261 g/mol. The van der Waals surface area contributed by atoms with Crippen LogP contribution in [0.25, 0.3) is 0 Å². The molecule has 1 unspecified atom stereocenters. The molecule has 3 heteroatoms. The van der Waals surface area contributed by atoms with E-state index in [1.54, 1.807) is 0 Å². The van der Waals surface area contributed by atoms with Gasteiger partial charge >= 0.3 is 5.97 Å². The third kappa shape index (κ3) is 3.35. The van der Waals surface area contributed by atoms with Crippen LogP contribution in [0.5, 0.6) is 0 Å². The smallest absolute Gasteiger partial charge is 0.303 e. The van der Waals surface area contributed by atoms with Crippen molar-refractivity contribution in [1.29, 1.82) is 0 Å². The van der Waals surface area contributed by atoms with E-state index >= 15 is 0 Å². The molecule has 0 N–H and O–H groups in total. The van der Waals surface area contributed by atoms with Crippen LogP contribution in [0, 0.1) is 5.92 Å². The summed E-state index contributed by atoms with van der Waals surface area (Å²) < 4.78 is 5.83. The third-order valence-corrected chi connectivity index (χ3v) is 3.76. The lowest BCUT2D eigenvalue weighted by Gasteiger charge is -2.35. The largest absolute Gasteiger partial charge is 0.454 e. The number of esters is 1. The van der Waals surface area contributed by atoms with Crippen LogP contribution in [-0.2, 0) is 15.1 Å². The molecule has 0 aliphatic heterocycles. The SMILES string of the molecule is CC(=O)OC(CCN(C)C)(c1ccccc1)C1CC1. The van der Waals surface area contributed by atoms with Crippen molar-refractivity contribution in [2.24, 2.45) is 5.92 Å². The Kier molecular flexibility index (Phi) is 4.25. The van der Waals surface area contributed by atoms with Crippen LogP contribution in [-0.4, -0.2) is 31.5 Å². The van der Waals surface area contributed by atoms with Gasteiger partial charge in [-0.15, -0.1) is 0 Å². The molecule has 104 valence electrons. The van der Waals surface area contributed by atoms with Crippen molar-refractivity contribution < 1.29 is 9.53 Å². The molecule has 1 aromatic carbocycles. The Morgan fingerprint density at radius 2 is 1.95 bits per heavy atom. The van der Waals surface area contributed by atoms with E-state index in [1.165, 1.54) is 6.92 Å². The molecule has 0 radical (unpaired) electrons. The molecular formula is C16H23NO2. The first-order valence-corrected chi connectivity index (χ1v) is 6.94. The minimum Gasteiger partial charge on any atom is -0.454 e. The fraction of sp³-hybridized carbons (Fsp3) is 0.562. The summed E-state index contributed by atoms with van der Waals surface area (Å²) in [6.07, 6.45) is 3.15. The quantitative estimate of drug-likeness (QED) is 0.737. The van der Waals surface area contributed by atoms with Gasteiger partial charge in [-0.05, 0) is 32.5 Å². The number of hydrogen-bond donors (Lipinski definition) is 0. The molecule has 0 heterocycles. The van der Waals surface area contributed by atoms with Gasteiger partial charge in [0.2, 0.25) is 0 Å². The molecule has 0 spiro atoms. The first-order valence-electron chi connectivity index (χ1n) is 6.94. The molecule has 1 fully saturated rings. The van der Waals surface area contributed by atoms with Crippen LogP contribution in [0.1, 0.15) is 31.7 Å². The van der Waals surface area contributed by atoms with Crippen molar-refractivity contribution in [3.63, 3.8) is 0 Å². The Morgan fingerprint density at radius 1 is 1.32 bits per heavy atom. The van der Waals surface area contributed by atoms with Crippen molar-refractivity contribution >= 4 is 5.97 Å². The number of ether oxygens (including phenoxy) is 1. The third-order valence-electron chi connectivity index (χ3n) is 3.76. The molecule has 1 saturated carbocycles. The highest BCUT2D eigenvalue weighted by Crippen LogP contribution is 2.50. The summed E-state index contributed by atoms with van der Waals surface area (Å²) in [6, 6.07) is 10.2. The Bertz CT molecular complexity index is 426. The second-order valence-electron chi connectivity index (χ2n) is 5.68. The lowest BCUT2D eigenvalue weighted by molar-refractivity contribution is -0.162. The van der Waals surface area contributed by atoms with Gasteiger partial charge in [0, 0.05) is 25.8 Å². The number of benzene rings is 1. The highest BCUT2D eigenvalue weighted by molar-refractivity contribution is 5.67. The predicted molar refractivity (Wildman–Crippen MR) is 75.8 cm³/mol. The summed E-state index contributed by atoms with van der Waals surface area (Å²) in [5.41, 5.74) is 0.701. The number of carbonyl (C=O) groups is 1. The second-order valence-corrected chi connectivity index (χ2v) is 5.68. The van der Waals surface area contributed by atoms with Crippen molar-refractivity contribution in [1.82, 2.24) is 4.90 Å². The molecule has 0 bridgehead atoms. The summed E-state index contributed by atoms with van der Waals surface area (Å²) in [6.45, 7) is 2.43. The normalized spacial score (nSPS) is 18.1. The molecule has 0 saturated heterocycles. The van der Waals surface area contributed by atoms with Crippen molar-refractivity contribution in [3.8, 4) is 0 Å². The fourth-order valence-corrected chi connectivity index (χ4v) is 2.69. The average molecular weight is 261 g/mol. The maximum atomic E-state index is 11.6. The zero-order valence-corrected chi connectivity index (χ0v) is 12.1. The van der Waals surface area contributed by atoms with Gasteiger partial charge in [-0.1, -0.05) is 30.3 Å². The zero-order chi connectivity index (χ0) is 13.9. The van der Waals surface area contributed by atoms with E-state index in [9.17, 15) is 4.79 Å². The molecule has 19 heavy (non-hydrogen) atoms. The summed E-state index contributed by atoms with van der Waals surface area (Å²) in [7, 11) is 4.10. The van der Waals surface area contributed by atoms with Gasteiger partial charge in [0.15, 0.2) is 0 Å². The van der Waals surface area contributed by atoms with E-state index < -0.39 is 5.60 Å². The Labute approximate surface area is 115 Å². The van der Waals surface area contributed by atoms with Crippen molar-refractivity contribution in [3.05, 3.63) is 35.9 Å². The minimum absolute atomic E-state index is 0.186. The average Bonchev–Trinajstić information content (AvgIpc) is 3.19. The Morgan fingerprint density at radius 3 is 2.42 bits per heavy atom. The Balaban J connectivity index is 2.31. The van der Waals surface area contributed by atoms with Crippen LogP contribution in [0.3, 0.4) is 0 Å². The topological polar surface area (TPSA) is 29.5 Å². The summed E-state index contributed by atoms with van der Waals surface area (Å²) in [4.78, 5) is 13.7. The van der Waals surface area contributed by atoms with E-state index in [1.807, 2.05) is 18.2 Å². The van der Waals surface area contributed by atoms with Crippen LogP contribution < -0.4 is 0 Å². The van der Waals surface area contributed by atoms with Gasteiger partial charge in [0.05, 0.1) is 0 Å². The lowest BCUT2D eigenvalue weighted by atomic mass is 9.85. The molecule has 1 aliphatic carbocycles. The van der Waals surface area contributed by atoms with E-state index in [0.717, 1.165) is 31.4 Å². The molecule has 3 nitrogen and oxygen atoms in total. The van der Waals surface area contributed by atoms with Gasteiger partial charge in [-0.3, -0.25) is 4.79 Å². The van der Waals surface area contributed by atoms with Crippen LogP contribution in [0.2, 0.25) is 0 Å². The molecule has 0 aromatic heterocycles. The predicted octanol–water partition coefficient (Wildman–Crippen LogP) is 2.81. The van der Waals surface area contributed by atoms with Gasteiger partial charge in [0.25, 0.3) is 0 Å². The second kappa shape index (κ2) is 5.74. The zero-order valence-electron chi connectivity index (χ0n) is 12.1. The first-order chi connectivity index (χ1) is 9.04. The van der Waals surface area contributed by atoms with E-state index in [-0.39, 0.29) is 5.97 Å². The van der Waals surface area contributed by atoms with Gasteiger partial charge in [0.1, 0.15) is 5.60 Å². The van der Waals surface area contributed by atoms with Gasteiger partial charge in [-0.25, -0.2) is 0 Å². The van der Waals surface area contributed by atoms with E-state index in [2.05, 4.69) is 31.1 Å². The standard InChI is InChI=1S/C16H23NO2/c1-13(18)19-16(15-9-10-15,11-12-17(2)3)14-7-5-4-6-8-14/h4-8,15H,9-12H2,1-3H3. The van der Waals surface area contributed by atoms with E-state index in [4.69, 9.17) is 4.74 Å². The highest BCUT2D eigenvalue weighted by Gasteiger charge is 2.49.